The molecule has 1 aromatic rings. The predicted molar refractivity (Wildman–Crippen MR) is 71.1 cm³/mol. The normalized spacial score (nSPS) is 18.9. The van der Waals surface area contributed by atoms with Crippen molar-refractivity contribution in [3.05, 3.63) is 23.6 Å². The zero-order valence-electron chi connectivity index (χ0n) is 11.3. The molecule has 20 heavy (non-hydrogen) atoms. The van der Waals surface area contributed by atoms with Gasteiger partial charge in [0.05, 0.1) is 31.4 Å². The molecule has 0 spiro atoms. The van der Waals surface area contributed by atoms with Gasteiger partial charge in [0.2, 0.25) is 0 Å². The van der Waals surface area contributed by atoms with Gasteiger partial charge in [0.1, 0.15) is 0 Å². The van der Waals surface area contributed by atoms with Crippen molar-refractivity contribution in [2.24, 2.45) is 0 Å². The Morgan fingerprint density at radius 3 is 3.20 bits per heavy atom. The van der Waals surface area contributed by atoms with Gasteiger partial charge in [-0.05, 0) is 13.0 Å². The highest BCUT2D eigenvalue weighted by molar-refractivity contribution is 5.95. The summed E-state index contributed by atoms with van der Waals surface area (Å²) in [4.78, 5) is 17.7. The maximum Gasteiger partial charge on any atom is 0.257 e. The summed E-state index contributed by atoms with van der Waals surface area (Å²) in [5.74, 6) is -1.05. The van der Waals surface area contributed by atoms with Crippen molar-refractivity contribution in [2.75, 3.05) is 38.2 Å². The van der Waals surface area contributed by atoms with E-state index in [-0.39, 0.29) is 24.6 Å². The lowest BCUT2D eigenvalue weighted by atomic mass is 10.1. The monoisotopic (exact) mass is 283 g/mol. The number of anilines is 1. The minimum Gasteiger partial charge on any atom is -0.394 e. The third-order valence-corrected chi connectivity index (χ3v) is 3.16. The van der Waals surface area contributed by atoms with E-state index >= 15 is 0 Å². The number of morpholine rings is 1. The second-order valence-electron chi connectivity index (χ2n) is 4.46. The number of pyridine rings is 1. The number of carbonyl (C=O) groups is 1. The number of carbonyl (C=O) groups excluding carboxylic acids is 1. The molecule has 1 amide bonds. The van der Waals surface area contributed by atoms with Gasteiger partial charge in [-0.1, -0.05) is 0 Å². The fourth-order valence-corrected chi connectivity index (χ4v) is 2.13. The van der Waals surface area contributed by atoms with Crippen LogP contribution in [-0.4, -0.2) is 59.8 Å². The SMILES string of the molecule is CCNc1nccc(C(=O)N2CCOCC2CO)c1F. The Balaban J connectivity index is 2.26. The van der Waals surface area contributed by atoms with Crippen LogP contribution in [0.15, 0.2) is 12.3 Å². The molecular formula is C13H18FN3O3. The number of hydrogen-bond acceptors (Lipinski definition) is 5. The molecule has 1 saturated heterocycles. The molecule has 1 aromatic heterocycles. The molecule has 7 heteroatoms. The number of rotatable bonds is 4. The van der Waals surface area contributed by atoms with Crippen LogP contribution in [0.4, 0.5) is 10.2 Å². The molecule has 0 radical (unpaired) electrons. The highest BCUT2D eigenvalue weighted by Crippen LogP contribution is 2.19. The summed E-state index contributed by atoms with van der Waals surface area (Å²) in [5.41, 5.74) is -0.0451. The molecule has 6 nitrogen and oxygen atoms in total. The van der Waals surface area contributed by atoms with Crippen LogP contribution in [-0.2, 0) is 4.74 Å². The molecule has 1 aliphatic heterocycles. The summed E-state index contributed by atoms with van der Waals surface area (Å²) < 4.78 is 19.4. The largest absolute Gasteiger partial charge is 0.394 e. The van der Waals surface area contributed by atoms with Gasteiger partial charge in [0.25, 0.3) is 5.91 Å². The Kier molecular flexibility index (Phi) is 4.86. The molecule has 0 aliphatic carbocycles. The van der Waals surface area contributed by atoms with Gasteiger partial charge in [-0.15, -0.1) is 0 Å². The van der Waals surface area contributed by atoms with Gasteiger partial charge >= 0.3 is 0 Å². The van der Waals surface area contributed by atoms with Crippen LogP contribution in [0.1, 0.15) is 17.3 Å². The molecule has 2 rings (SSSR count). The van der Waals surface area contributed by atoms with E-state index in [4.69, 9.17) is 4.74 Å². The van der Waals surface area contributed by atoms with E-state index in [2.05, 4.69) is 10.3 Å². The number of aliphatic hydroxyl groups excluding tert-OH is 1. The first kappa shape index (κ1) is 14.7. The topological polar surface area (TPSA) is 74.7 Å². The van der Waals surface area contributed by atoms with Gasteiger partial charge in [0, 0.05) is 19.3 Å². The number of hydrogen-bond donors (Lipinski definition) is 2. The number of aliphatic hydroxyl groups is 1. The fraction of sp³-hybridized carbons (Fsp3) is 0.538. The van der Waals surface area contributed by atoms with Gasteiger partial charge in [-0.2, -0.15) is 0 Å². The van der Waals surface area contributed by atoms with E-state index in [0.29, 0.717) is 19.7 Å². The van der Waals surface area contributed by atoms with Crippen molar-refractivity contribution in [1.29, 1.82) is 0 Å². The van der Waals surface area contributed by atoms with Crippen molar-refractivity contribution in [3.63, 3.8) is 0 Å². The molecule has 1 atom stereocenters. The van der Waals surface area contributed by atoms with E-state index < -0.39 is 17.8 Å². The van der Waals surface area contributed by atoms with Crippen LogP contribution in [0.2, 0.25) is 0 Å². The maximum absolute atomic E-state index is 14.2. The molecule has 1 unspecified atom stereocenters. The quantitative estimate of drug-likeness (QED) is 0.841. The fourth-order valence-electron chi connectivity index (χ4n) is 2.13. The van der Waals surface area contributed by atoms with Crippen LogP contribution in [0.3, 0.4) is 0 Å². The Labute approximate surface area is 116 Å². The Bertz CT molecular complexity index is 484. The third kappa shape index (κ3) is 2.88. The van der Waals surface area contributed by atoms with Crippen molar-refractivity contribution >= 4 is 11.7 Å². The highest BCUT2D eigenvalue weighted by atomic mass is 19.1. The van der Waals surface area contributed by atoms with E-state index in [1.165, 1.54) is 17.2 Å². The Morgan fingerprint density at radius 1 is 1.70 bits per heavy atom. The lowest BCUT2D eigenvalue weighted by Crippen LogP contribution is -2.50. The molecule has 2 N–H and O–H groups in total. The molecule has 0 aromatic carbocycles. The van der Waals surface area contributed by atoms with Crippen LogP contribution in [0.5, 0.6) is 0 Å². The van der Waals surface area contributed by atoms with E-state index in [1.807, 2.05) is 6.92 Å². The molecule has 1 fully saturated rings. The number of nitrogens with zero attached hydrogens (tertiary/aromatic N) is 2. The van der Waals surface area contributed by atoms with E-state index in [1.54, 1.807) is 0 Å². The average molecular weight is 283 g/mol. The molecule has 110 valence electrons. The molecule has 1 aliphatic rings. The zero-order chi connectivity index (χ0) is 14.5. The van der Waals surface area contributed by atoms with Crippen LogP contribution >= 0.6 is 0 Å². The first-order chi connectivity index (χ1) is 9.69. The summed E-state index contributed by atoms with van der Waals surface area (Å²) in [6.07, 6.45) is 1.39. The first-order valence-electron chi connectivity index (χ1n) is 6.57. The van der Waals surface area contributed by atoms with Crippen LogP contribution in [0, 0.1) is 5.82 Å². The lowest BCUT2D eigenvalue weighted by Gasteiger charge is -2.34. The maximum atomic E-state index is 14.2. The average Bonchev–Trinajstić information content (AvgIpc) is 2.49. The molecule has 0 bridgehead atoms. The minimum absolute atomic E-state index is 0.0451. The second-order valence-corrected chi connectivity index (χ2v) is 4.46. The van der Waals surface area contributed by atoms with Gasteiger partial charge < -0.3 is 20.1 Å². The Morgan fingerprint density at radius 2 is 2.50 bits per heavy atom. The minimum atomic E-state index is -0.664. The number of aromatic nitrogens is 1. The van der Waals surface area contributed by atoms with Crippen molar-refractivity contribution < 1.29 is 19.0 Å². The summed E-state index contributed by atoms with van der Waals surface area (Å²) in [7, 11) is 0. The first-order valence-corrected chi connectivity index (χ1v) is 6.57. The van der Waals surface area contributed by atoms with Gasteiger partial charge in [-0.25, -0.2) is 9.37 Å². The predicted octanol–water partition coefficient (Wildman–Crippen LogP) is 0.486. The summed E-state index contributed by atoms with van der Waals surface area (Å²) in [5, 5.41) is 12.0. The smallest absolute Gasteiger partial charge is 0.257 e. The number of halogens is 1. The Hall–Kier alpha value is -1.73. The van der Waals surface area contributed by atoms with Gasteiger partial charge in [-0.3, -0.25) is 4.79 Å². The number of ether oxygens (including phenoxy) is 1. The highest BCUT2D eigenvalue weighted by Gasteiger charge is 2.29. The summed E-state index contributed by atoms with van der Waals surface area (Å²) in [6, 6.07) is 0.911. The summed E-state index contributed by atoms with van der Waals surface area (Å²) >= 11 is 0. The van der Waals surface area contributed by atoms with E-state index in [0.717, 1.165) is 0 Å². The third-order valence-electron chi connectivity index (χ3n) is 3.16. The molecular weight excluding hydrogens is 265 g/mol. The molecule has 2 heterocycles. The summed E-state index contributed by atoms with van der Waals surface area (Å²) in [6.45, 7) is 3.10. The van der Waals surface area contributed by atoms with E-state index in [9.17, 15) is 14.3 Å². The standard InChI is InChI=1S/C13H18FN3O3/c1-2-15-12-11(14)10(3-4-16-12)13(19)17-5-6-20-8-9(17)7-18/h3-4,9,18H,2,5-8H2,1H3,(H,15,16). The van der Waals surface area contributed by atoms with Crippen molar-refractivity contribution in [1.82, 2.24) is 9.88 Å². The number of amides is 1. The van der Waals surface area contributed by atoms with Crippen LogP contribution in [0.25, 0.3) is 0 Å². The number of nitrogens with one attached hydrogen (secondary N) is 1. The zero-order valence-corrected chi connectivity index (χ0v) is 11.3. The van der Waals surface area contributed by atoms with Gasteiger partial charge in [0.15, 0.2) is 11.6 Å². The second kappa shape index (κ2) is 6.62. The lowest BCUT2D eigenvalue weighted by molar-refractivity contribution is -0.0185. The van der Waals surface area contributed by atoms with Crippen molar-refractivity contribution in [3.8, 4) is 0 Å². The van der Waals surface area contributed by atoms with Crippen molar-refractivity contribution in [2.45, 2.75) is 13.0 Å². The van der Waals surface area contributed by atoms with Crippen LogP contribution < -0.4 is 5.32 Å². The molecule has 0 saturated carbocycles.